The largest absolute Gasteiger partial charge is 0.314 e. The van der Waals surface area contributed by atoms with Crippen LogP contribution in [0.1, 0.15) is 97.8 Å². The van der Waals surface area contributed by atoms with Crippen molar-refractivity contribution in [1.29, 1.82) is 0 Å². The lowest BCUT2D eigenvalue weighted by molar-refractivity contribution is 0.0525. The van der Waals surface area contributed by atoms with Crippen LogP contribution >= 0.6 is 0 Å². The first-order valence-corrected chi connectivity index (χ1v) is 13.6. The third kappa shape index (κ3) is 3.02. The molecule has 1 N–H and O–H groups in total. The van der Waals surface area contributed by atoms with E-state index in [4.69, 9.17) is 4.99 Å². The van der Waals surface area contributed by atoms with Gasteiger partial charge in [-0.25, -0.2) is 0 Å². The zero-order valence-corrected chi connectivity index (χ0v) is 20.5. The van der Waals surface area contributed by atoms with Gasteiger partial charge in [0.2, 0.25) is 0 Å². The van der Waals surface area contributed by atoms with Gasteiger partial charge in [0.05, 0.1) is 0 Å². The zero-order valence-electron chi connectivity index (χ0n) is 20.5. The molecule has 0 aromatic heterocycles. The molecule has 4 saturated carbocycles. The summed E-state index contributed by atoms with van der Waals surface area (Å²) in [6.07, 6.45) is 21.0. The van der Waals surface area contributed by atoms with E-state index in [0.717, 1.165) is 30.3 Å². The molecule has 0 amide bonds. The predicted molar refractivity (Wildman–Crippen MR) is 133 cm³/mol. The van der Waals surface area contributed by atoms with E-state index < -0.39 is 0 Å². The molecule has 7 atom stereocenters. The summed E-state index contributed by atoms with van der Waals surface area (Å²) in [7, 11) is 0. The van der Waals surface area contributed by atoms with Crippen molar-refractivity contribution in [3.8, 4) is 0 Å². The number of nitrogens with one attached hydrogen (secondary N) is 1. The zero-order chi connectivity index (χ0) is 21.7. The maximum Gasteiger partial charge on any atom is 0.0389 e. The Morgan fingerprint density at radius 3 is 2.81 bits per heavy atom. The number of rotatable bonds is 8. The minimum Gasteiger partial charge on any atom is -0.314 e. The summed E-state index contributed by atoms with van der Waals surface area (Å²) in [5, 5.41) is 3.64. The Bertz CT molecular complexity index is 759. The molecule has 0 radical (unpaired) electrons. The first-order valence-electron chi connectivity index (χ1n) is 13.6. The number of fused-ring (bicyclic) bond motifs is 2. The SMILES string of the molecule is C=C/C=C1/CCC23C4CCC(C(C)=NCCCC5CCCN5)C4(C)CCC2C13CCC. The fourth-order valence-electron chi connectivity index (χ4n) is 10.0. The summed E-state index contributed by atoms with van der Waals surface area (Å²) in [5.41, 5.74) is 4.89. The molecule has 7 unspecified atom stereocenters. The van der Waals surface area contributed by atoms with E-state index in [1.165, 1.54) is 89.3 Å². The average Bonchev–Trinajstić information content (AvgIpc) is 3.21. The Morgan fingerprint density at radius 2 is 2.06 bits per heavy atom. The Kier molecular flexibility index (Phi) is 5.77. The first kappa shape index (κ1) is 21.9. The molecule has 1 heterocycles. The Labute approximate surface area is 191 Å². The standard InChI is InChI=1S/C29H46N2/c1-5-9-22-14-18-29-25-13-12-24(21(3)30-19-7-10-23-11-8-20-31-23)27(25,4)17-15-26(29)28(22,29)16-6-2/h5,9,23-26,31H,1,6-8,10-20H2,2-4H3/b22-9-,30-21?. The van der Waals surface area contributed by atoms with E-state index in [9.17, 15) is 0 Å². The Hall–Kier alpha value is -0.890. The topological polar surface area (TPSA) is 24.4 Å². The van der Waals surface area contributed by atoms with Gasteiger partial charge in [-0.3, -0.25) is 4.99 Å². The van der Waals surface area contributed by atoms with Crippen molar-refractivity contribution < 1.29 is 0 Å². The molecular weight excluding hydrogens is 376 g/mol. The van der Waals surface area contributed by atoms with E-state index in [0.29, 0.717) is 16.2 Å². The van der Waals surface area contributed by atoms with Crippen LogP contribution in [0.4, 0.5) is 0 Å². The van der Waals surface area contributed by atoms with Crippen molar-refractivity contribution in [2.45, 2.75) is 104 Å². The van der Waals surface area contributed by atoms with Gasteiger partial charge in [-0.05, 0) is 107 Å². The van der Waals surface area contributed by atoms with Crippen molar-refractivity contribution in [2.75, 3.05) is 13.1 Å². The maximum atomic E-state index is 5.19. The Balaban J connectivity index is 1.32. The number of aliphatic imine (C=N–C) groups is 1. The normalized spacial score (nSPS) is 47.3. The summed E-state index contributed by atoms with van der Waals surface area (Å²) in [4.78, 5) is 5.19. The number of allylic oxidation sites excluding steroid dienone is 3. The third-order valence-electron chi connectivity index (χ3n) is 11.0. The van der Waals surface area contributed by atoms with Gasteiger partial charge in [-0.2, -0.15) is 0 Å². The lowest BCUT2D eigenvalue weighted by atomic mass is 9.59. The second kappa shape index (κ2) is 8.15. The highest BCUT2D eigenvalue weighted by atomic mass is 14.9. The number of hydrogen-bond donors (Lipinski definition) is 1. The molecule has 5 rings (SSSR count). The lowest BCUT2D eigenvalue weighted by Crippen LogP contribution is -2.40. The number of hydrogen-bond acceptors (Lipinski definition) is 2. The number of nitrogens with zero attached hydrogens (tertiary/aromatic N) is 1. The molecule has 1 saturated heterocycles. The lowest BCUT2D eigenvalue weighted by Gasteiger charge is -2.45. The van der Waals surface area contributed by atoms with E-state index in [2.05, 4.69) is 44.8 Å². The van der Waals surface area contributed by atoms with Crippen molar-refractivity contribution in [2.24, 2.45) is 39.0 Å². The molecule has 2 heteroatoms. The van der Waals surface area contributed by atoms with E-state index in [1.807, 2.05) is 0 Å². The molecular formula is C29H46N2. The fraction of sp³-hybridized carbons (Fsp3) is 0.828. The van der Waals surface area contributed by atoms with Gasteiger partial charge in [-0.15, -0.1) is 0 Å². The highest BCUT2D eigenvalue weighted by Crippen LogP contribution is 2.90. The van der Waals surface area contributed by atoms with Crippen molar-refractivity contribution in [3.05, 3.63) is 24.3 Å². The molecule has 0 aromatic carbocycles. The quantitative estimate of drug-likeness (QED) is 0.327. The molecule has 172 valence electrons. The van der Waals surface area contributed by atoms with Crippen molar-refractivity contribution >= 4 is 5.71 Å². The molecule has 4 aliphatic carbocycles. The summed E-state index contributed by atoms with van der Waals surface area (Å²) < 4.78 is 0. The second-order valence-electron chi connectivity index (χ2n) is 11.9. The van der Waals surface area contributed by atoms with E-state index in [-0.39, 0.29) is 0 Å². The molecule has 31 heavy (non-hydrogen) atoms. The monoisotopic (exact) mass is 422 g/mol. The first-order chi connectivity index (χ1) is 15.0. The minimum atomic E-state index is 0.482. The van der Waals surface area contributed by atoms with Crippen LogP contribution < -0.4 is 5.32 Å². The highest BCUT2D eigenvalue weighted by Gasteiger charge is 2.84. The van der Waals surface area contributed by atoms with E-state index in [1.54, 1.807) is 5.57 Å². The summed E-state index contributed by atoms with van der Waals surface area (Å²) in [5.74, 6) is 2.61. The summed E-state index contributed by atoms with van der Waals surface area (Å²) >= 11 is 0. The molecule has 1 aliphatic heterocycles. The van der Waals surface area contributed by atoms with Crippen molar-refractivity contribution in [3.63, 3.8) is 0 Å². The van der Waals surface area contributed by atoms with Crippen LogP contribution in [0.2, 0.25) is 0 Å². The van der Waals surface area contributed by atoms with Gasteiger partial charge in [0.15, 0.2) is 0 Å². The third-order valence-corrected chi connectivity index (χ3v) is 11.0. The minimum absolute atomic E-state index is 0.482. The predicted octanol–water partition coefficient (Wildman–Crippen LogP) is 7.11. The molecule has 1 spiro atoms. The summed E-state index contributed by atoms with van der Waals surface area (Å²) in [6, 6.07) is 0.764. The summed E-state index contributed by atoms with van der Waals surface area (Å²) in [6.45, 7) is 13.8. The van der Waals surface area contributed by atoms with Gasteiger partial charge in [0.25, 0.3) is 0 Å². The van der Waals surface area contributed by atoms with E-state index >= 15 is 0 Å². The van der Waals surface area contributed by atoms with Crippen LogP contribution in [0.5, 0.6) is 0 Å². The van der Waals surface area contributed by atoms with Gasteiger partial charge < -0.3 is 5.32 Å². The fourth-order valence-corrected chi connectivity index (χ4v) is 10.0. The van der Waals surface area contributed by atoms with Gasteiger partial charge >= 0.3 is 0 Å². The van der Waals surface area contributed by atoms with Crippen LogP contribution in [-0.2, 0) is 0 Å². The molecule has 0 aromatic rings. The van der Waals surface area contributed by atoms with Crippen LogP contribution in [0, 0.1) is 34.0 Å². The maximum absolute atomic E-state index is 5.19. The average molecular weight is 423 g/mol. The van der Waals surface area contributed by atoms with Gasteiger partial charge in [-0.1, -0.05) is 44.6 Å². The van der Waals surface area contributed by atoms with Crippen LogP contribution in [0.25, 0.3) is 0 Å². The van der Waals surface area contributed by atoms with Crippen LogP contribution in [-0.4, -0.2) is 24.8 Å². The van der Waals surface area contributed by atoms with Crippen LogP contribution in [0.15, 0.2) is 29.3 Å². The van der Waals surface area contributed by atoms with Crippen molar-refractivity contribution in [1.82, 2.24) is 5.32 Å². The van der Waals surface area contributed by atoms with Gasteiger partial charge in [0, 0.05) is 29.6 Å². The highest BCUT2D eigenvalue weighted by molar-refractivity contribution is 5.85. The molecule has 5 fully saturated rings. The molecule has 2 nitrogen and oxygen atoms in total. The molecule has 5 aliphatic rings. The molecule has 0 bridgehead atoms. The second-order valence-corrected chi connectivity index (χ2v) is 11.9. The van der Waals surface area contributed by atoms with Crippen LogP contribution in [0.3, 0.4) is 0 Å². The Morgan fingerprint density at radius 1 is 1.19 bits per heavy atom. The smallest absolute Gasteiger partial charge is 0.0389 e. The van der Waals surface area contributed by atoms with Gasteiger partial charge in [0.1, 0.15) is 0 Å².